The molecule has 1 aliphatic carbocycles. The topological polar surface area (TPSA) is 33.7 Å². The summed E-state index contributed by atoms with van der Waals surface area (Å²) in [6.07, 6.45) is 3.58. The van der Waals surface area contributed by atoms with Crippen LogP contribution in [0.15, 0.2) is 41.2 Å². The van der Waals surface area contributed by atoms with Gasteiger partial charge in [0.1, 0.15) is 5.83 Å². The minimum atomic E-state index is -1.13. The molecule has 1 fully saturated rings. The lowest BCUT2D eigenvalue weighted by atomic mass is 9.75. The Kier molecular flexibility index (Phi) is 3.96. The van der Waals surface area contributed by atoms with Gasteiger partial charge in [-0.15, -0.1) is 0 Å². The van der Waals surface area contributed by atoms with Gasteiger partial charge in [0.2, 0.25) is 0 Å². The highest BCUT2D eigenvalue weighted by molar-refractivity contribution is 6.31. The van der Waals surface area contributed by atoms with Gasteiger partial charge in [0.15, 0.2) is 11.5 Å². The van der Waals surface area contributed by atoms with Gasteiger partial charge in [-0.3, -0.25) is 0 Å². The van der Waals surface area contributed by atoms with E-state index in [9.17, 15) is 4.39 Å². The van der Waals surface area contributed by atoms with E-state index in [1.165, 1.54) is 6.08 Å². The smallest absolute Gasteiger partial charge is 0.260 e. The van der Waals surface area contributed by atoms with E-state index < -0.39 is 11.2 Å². The highest BCUT2D eigenvalue weighted by Gasteiger charge is 2.56. The standard InChI is InChI=1S/C19H22ClFN2O2/c1-18(7-6-13(20)12-16(18)21)19(2)24-15-5-3-4-14(17(15)25-19)23-10-8-22-9-11-23/h3-6,12,22H,7-11H2,1-2H3/t18?,19-/m0/s1. The number of fused-ring (bicyclic) bond motifs is 1. The normalized spacial score (nSPS) is 31.6. The van der Waals surface area contributed by atoms with Crippen LogP contribution in [0.25, 0.3) is 0 Å². The van der Waals surface area contributed by atoms with Crippen LogP contribution in [0.4, 0.5) is 10.1 Å². The van der Waals surface area contributed by atoms with E-state index in [1.807, 2.05) is 31.2 Å². The minimum absolute atomic E-state index is 0.320. The molecule has 3 aliphatic rings. The Morgan fingerprint density at radius 2 is 1.96 bits per heavy atom. The first-order chi connectivity index (χ1) is 11.9. The zero-order valence-electron chi connectivity index (χ0n) is 14.4. The van der Waals surface area contributed by atoms with Crippen molar-refractivity contribution >= 4 is 17.3 Å². The molecule has 1 N–H and O–H groups in total. The number of anilines is 1. The molecule has 2 atom stereocenters. The van der Waals surface area contributed by atoms with Gasteiger partial charge >= 0.3 is 0 Å². The summed E-state index contributed by atoms with van der Waals surface area (Å²) in [5.74, 6) is -0.0949. The monoisotopic (exact) mass is 364 g/mol. The van der Waals surface area contributed by atoms with Crippen molar-refractivity contribution in [3.8, 4) is 11.5 Å². The molecule has 4 rings (SSSR count). The predicted octanol–water partition coefficient (Wildman–Crippen LogP) is 3.97. The molecule has 2 heterocycles. The average Bonchev–Trinajstić information content (AvgIpc) is 2.97. The van der Waals surface area contributed by atoms with Crippen LogP contribution in [-0.2, 0) is 0 Å². The van der Waals surface area contributed by atoms with Crippen LogP contribution in [0.1, 0.15) is 20.3 Å². The molecule has 1 unspecified atom stereocenters. The van der Waals surface area contributed by atoms with E-state index in [4.69, 9.17) is 21.1 Å². The molecule has 1 aromatic carbocycles. The van der Waals surface area contributed by atoms with E-state index >= 15 is 0 Å². The van der Waals surface area contributed by atoms with Gasteiger partial charge in [-0.1, -0.05) is 23.7 Å². The van der Waals surface area contributed by atoms with E-state index in [-0.39, 0.29) is 5.83 Å². The molecule has 0 radical (unpaired) electrons. The zero-order valence-corrected chi connectivity index (χ0v) is 15.2. The summed E-state index contributed by atoms with van der Waals surface area (Å²) in [6.45, 7) is 7.28. The number of ether oxygens (including phenoxy) is 2. The fourth-order valence-electron chi connectivity index (χ4n) is 3.63. The third kappa shape index (κ3) is 2.61. The lowest BCUT2D eigenvalue weighted by molar-refractivity contribution is -0.148. The van der Waals surface area contributed by atoms with Gasteiger partial charge < -0.3 is 19.7 Å². The molecular weight excluding hydrogens is 343 g/mol. The number of nitrogens with one attached hydrogen (secondary N) is 1. The van der Waals surface area contributed by atoms with Crippen molar-refractivity contribution in [2.45, 2.75) is 26.1 Å². The summed E-state index contributed by atoms with van der Waals surface area (Å²) in [4.78, 5) is 2.27. The highest BCUT2D eigenvalue weighted by Crippen LogP contribution is 2.55. The molecule has 4 nitrogen and oxygen atoms in total. The Hall–Kier alpha value is -1.72. The van der Waals surface area contributed by atoms with E-state index in [0.717, 1.165) is 31.9 Å². The first-order valence-electron chi connectivity index (χ1n) is 8.63. The number of nitrogens with zero attached hydrogens (tertiary/aromatic N) is 1. The van der Waals surface area contributed by atoms with Gasteiger partial charge in [-0.05, 0) is 31.6 Å². The lowest BCUT2D eigenvalue weighted by Crippen LogP contribution is -2.51. The highest BCUT2D eigenvalue weighted by atomic mass is 35.5. The van der Waals surface area contributed by atoms with Crippen molar-refractivity contribution in [3.63, 3.8) is 0 Å². The van der Waals surface area contributed by atoms with Crippen molar-refractivity contribution in [1.82, 2.24) is 5.32 Å². The summed E-state index contributed by atoms with van der Waals surface area (Å²) in [5, 5.41) is 3.76. The number of benzene rings is 1. The Balaban J connectivity index is 1.68. The Labute approximate surface area is 152 Å². The second-order valence-corrected chi connectivity index (χ2v) is 7.55. The molecule has 0 aromatic heterocycles. The average molecular weight is 365 g/mol. The largest absolute Gasteiger partial charge is 0.448 e. The summed E-state index contributed by atoms with van der Waals surface area (Å²) >= 11 is 5.96. The van der Waals surface area contributed by atoms with Crippen LogP contribution in [0.5, 0.6) is 11.5 Å². The molecule has 0 amide bonds. The number of halogens is 2. The molecule has 1 saturated heterocycles. The lowest BCUT2D eigenvalue weighted by Gasteiger charge is -2.41. The number of hydrogen-bond acceptors (Lipinski definition) is 4. The van der Waals surface area contributed by atoms with Crippen molar-refractivity contribution in [2.24, 2.45) is 5.41 Å². The molecule has 0 saturated carbocycles. The Morgan fingerprint density at radius 1 is 1.20 bits per heavy atom. The summed E-state index contributed by atoms with van der Waals surface area (Å²) in [7, 11) is 0. The molecule has 0 bridgehead atoms. The van der Waals surface area contributed by atoms with Gasteiger partial charge in [0, 0.05) is 38.1 Å². The second-order valence-electron chi connectivity index (χ2n) is 7.11. The molecular formula is C19H22ClFN2O2. The number of allylic oxidation sites excluding steroid dienone is 3. The fourth-order valence-corrected chi connectivity index (χ4v) is 3.81. The molecule has 0 spiro atoms. The van der Waals surface area contributed by atoms with Gasteiger partial charge in [0.05, 0.1) is 11.1 Å². The third-order valence-corrected chi connectivity index (χ3v) is 5.78. The van der Waals surface area contributed by atoms with Crippen LogP contribution in [0, 0.1) is 5.41 Å². The number of para-hydroxylation sites is 1. The van der Waals surface area contributed by atoms with Crippen molar-refractivity contribution in [3.05, 3.63) is 41.2 Å². The maximum Gasteiger partial charge on any atom is 0.260 e. The summed E-state index contributed by atoms with van der Waals surface area (Å²) in [5.41, 5.74) is 0.0607. The number of piperazine rings is 1. The minimum Gasteiger partial charge on any atom is -0.448 e. The predicted molar refractivity (Wildman–Crippen MR) is 97.0 cm³/mol. The van der Waals surface area contributed by atoms with Crippen molar-refractivity contribution in [1.29, 1.82) is 0 Å². The molecule has 25 heavy (non-hydrogen) atoms. The fraction of sp³-hybridized carbons (Fsp3) is 0.474. The molecule has 2 aliphatic heterocycles. The summed E-state index contributed by atoms with van der Waals surface area (Å²) in [6, 6.07) is 5.87. The molecule has 6 heteroatoms. The van der Waals surface area contributed by atoms with E-state index in [1.54, 1.807) is 6.92 Å². The van der Waals surface area contributed by atoms with Crippen LogP contribution >= 0.6 is 11.6 Å². The maximum atomic E-state index is 14.8. The van der Waals surface area contributed by atoms with Crippen LogP contribution in [-0.4, -0.2) is 32.0 Å². The van der Waals surface area contributed by atoms with E-state index in [0.29, 0.717) is 23.0 Å². The molecule has 1 aromatic rings. The first kappa shape index (κ1) is 16.7. The quantitative estimate of drug-likeness (QED) is 0.861. The number of rotatable bonds is 2. The first-order valence-corrected chi connectivity index (χ1v) is 9.01. The maximum absolute atomic E-state index is 14.8. The third-order valence-electron chi connectivity index (χ3n) is 5.52. The van der Waals surface area contributed by atoms with Crippen LogP contribution in [0.3, 0.4) is 0 Å². The van der Waals surface area contributed by atoms with Crippen molar-refractivity contribution < 1.29 is 13.9 Å². The second kappa shape index (κ2) is 5.92. The van der Waals surface area contributed by atoms with E-state index in [2.05, 4.69) is 10.2 Å². The van der Waals surface area contributed by atoms with Gasteiger partial charge in [-0.2, -0.15) is 0 Å². The number of hydrogen-bond donors (Lipinski definition) is 1. The Morgan fingerprint density at radius 3 is 2.68 bits per heavy atom. The zero-order chi connectivity index (χ0) is 17.7. The SMILES string of the molecule is CC1([C@@]2(C)Oc3cccc(N4CCNCC4)c3O2)CC=C(Cl)C=C1F. The van der Waals surface area contributed by atoms with Gasteiger partial charge in [0.25, 0.3) is 5.79 Å². The van der Waals surface area contributed by atoms with Crippen LogP contribution in [0.2, 0.25) is 0 Å². The molecule has 134 valence electrons. The Bertz CT molecular complexity index is 760. The van der Waals surface area contributed by atoms with Gasteiger partial charge in [-0.25, -0.2) is 4.39 Å². The van der Waals surface area contributed by atoms with Crippen LogP contribution < -0.4 is 19.7 Å². The van der Waals surface area contributed by atoms with Crippen molar-refractivity contribution in [2.75, 3.05) is 31.1 Å². The summed E-state index contributed by atoms with van der Waals surface area (Å²) < 4.78 is 27.3.